The molecule has 504 valence electrons. The Labute approximate surface area is 599 Å². The number of benzene rings is 9. The average Bonchev–Trinajstić information content (AvgIpc) is 1.39. The van der Waals surface area contributed by atoms with Gasteiger partial charge in [0.2, 0.25) is 13.4 Å². The number of para-hydroxylation sites is 1. The van der Waals surface area contributed by atoms with Gasteiger partial charge in [0, 0.05) is 81.2 Å². The maximum atomic E-state index is 2.78. The number of anilines is 6. The van der Waals surface area contributed by atoms with E-state index in [0.717, 1.165) is 0 Å². The molecule has 0 amide bonds. The Kier molecular flexibility index (Phi) is 15.4. The first kappa shape index (κ1) is 68.3. The minimum absolute atomic E-state index is 0.0195. The highest BCUT2D eigenvalue weighted by Crippen LogP contribution is 2.52. The van der Waals surface area contributed by atoms with Crippen molar-refractivity contribution in [3.05, 3.63) is 195 Å². The third-order valence-electron chi connectivity index (χ3n) is 22.1. The second-order valence-electron chi connectivity index (χ2n) is 39.0. The lowest BCUT2D eigenvalue weighted by atomic mass is 9.31. The van der Waals surface area contributed by atoms with Crippen molar-refractivity contribution in [2.45, 2.75) is 262 Å². The summed E-state index contributed by atoms with van der Waals surface area (Å²) < 4.78 is 2.78. The van der Waals surface area contributed by atoms with Crippen LogP contribution in [0.2, 0.25) is 0 Å². The Balaban J connectivity index is 1.04. The topological polar surface area (TPSA) is 11.4 Å². The van der Waals surface area contributed by atoms with Crippen LogP contribution in [0.25, 0.3) is 27.5 Å². The van der Waals surface area contributed by atoms with E-state index in [0.29, 0.717) is 0 Å². The van der Waals surface area contributed by atoms with Crippen LogP contribution in [0.3, 0.4) is 0 Å². The zero-order chi connectivity index (χ0) is 71.0. The fraction of sp³-hybridized carbons (Fsp3) is 0.407. The zero-order valence-electron chi connectivity index (χ0n) is 64.6. The Hall–Kier alpha value is -6.79. The maximum absolute atomic E-state index is 2.78. The summed E-state index contributed by atoms with van der Waals surface area (Å²) in [6, 6.07) is 57.6. The van der Waals surface area contributed by atoms with Crippen molar-refractivity contribution in [2.24, 2.45) is 0 Å². The molecular weight excluding hydrogens is 1220 g/mol. The van der Waals surface area contributed by atoms with Crippen LogP contribution in [-0.2, 0) is 48.7 Å². The Morgan fingerprint density at radius 2 is 0.582 bits per heavy atom. The first-order valence-corrected chi connectivity index (χ1v) is 38.0. The minimum atomic E-state index is -0.0834. The van der Waals surface area contributed by atoms with Crippen LogP contribution in [0, 0.1) is 6.92 Å². The Bertz CT molecular complexity index is 4730. The molecule has 0 saturated carbocycles. The van der Waals surface area contributed by atoms with Gasteiger partial charge < -0.3 is 14.4 Å². The molecule has 7 heteroatoms. The fourth-order valence-corrected chi connectivity index (χ4v) is 18.4. The van der Waals surface area contributed by atoms with Gasteiger partial charge in [0.05, 0.1) is 0 Å². The van der Waals surface area contributed by atoms with E-state index in [-0.39, 0.29) is 62.2 Å². The van der Waals surface area contributed by atoms with Crippen molar-refractivity contribution < 1.29 is 0 Å². The van der Waals surface area contributed by atoms with Gasteiger partial charge in [-0.1, -0.05) is 282 Å². The average molecular weight is 1330 g/mol. The van der Waals surface area contributed by atoms with E-state index < -0.39 is 0 Å². The van der Waals surface area contributed by atoms with Gasteiger partial charge in [-0.25, -0.2) is 0 Å². The first-order chi connectivity index (χ1) is 45.2. The minimum Gasteiger partial charge on any atom is -0.311 e. The molecule has 5 heterocycles. The van der Waals surface area contributed by atoms with Crippen LogP contribution in [0.5, 0.6) is 0 Å². The smallest absolute Gasteiger partial charge is 0.249 e. The van der Waals surface area contributed by atoms with E-state index in [1.807, 2.05) is 23.5 Å². The van der Waals surface area contributed by atoms with Gasteiger partial charge in [-0.2, -0.15) is 0 Å². The lowest BCUT2D eigenvalue weighted by molar-refractivity contribution is 0.567. The number of hydrogen-bond donors (Lipinski definition) is 0. The molecule has 0 bridgehead atoms. The molecular formula is C91H107B2N3S2. The monoisotopic (exact) mass is 1330 g/mol. The van der Waals surface area contributed by atoms with Crippen LogP contribution in [-0.4, -0.2) is 18.0 Å². The van der Waals surface area contributed by atoms with E-state index >= 15 is 0 Å². The molecule has 98 heavy (non-hydrogen) atoms. The number of fused-ring (bicyclic) bond motifs is 7. The summed E-state index contributed by atoms with van der Waals surface area (Å²) in [5.41, 5.74) is 32.8. The molecule has 0 saturated heterocycles. The summed E-state index contributed by atoms with van der Waals surface area (Å²) in [5.74, 6) is 0. The summed E-state index contributed by atoms with van der Waals surface area (Å²) in [5, 5.41) is 2.72. The zero-order valence-corrected chi connectivity index (χ0v) is 66.2. The number of aromatic nitrogens is 1. The standard InChI is InChI=1S/C91H107B2N3S2/c1-52-81-76-80-77-82(52)98-75-51-63(95(66-44-57(87(14,15)16)38-58(45-66)88(17,18)19)67-46-59(89(20,21)22)39-60(47-67)90(23,24)25)33-35-71(75)93(77)73-49-61(91(26,27)28)48-69-68-30-29-31-72(78(68)96(80)79(69)73)92(76)70-34-32-62(50-74(70)97-81)94(64-40-53(83(2,3)4)36-54(41-64)84(5,6)7)65-42-55(85(8,9)10)37-56(43-65)86(11,12)13/h29-51H,1-28H3. The number of nitrogens with zero attached hydrogens (tertiary/aromatic N) is 3. The second-order valence-corrected chi connectivity index (χ2v) is 41.1. The van der Waals surface area contributed by atoms with Gasteiger partial charge in [0.1, 0.15) is 0 Å². The largest absolute Gasteiger partial charge is 0.311 e. The highest BCUT2D eigenvalue weighted by molar-refractivity contribution is 8.01. The van der Waals surface area contributed by atoms with Crippen molar-refractivity contribution in [3.8, 4) is 5.69 Å². The Morgan fingerprint density at radius 3 is 0.898 bits per heavy atom. The van der Waals surface area contributed by atoms with Crippen molar-refractivity contribution in [3.63, 3.8) is 0 Å². The van der Waals surface area contributed by atoms with Crippen molar-refractivity contribution >= 4 is 126 Å². The fourth-order valence-electron chi connectivity index (χ4n) is 15.7. The summed E-state index contributed by atoms with van der Waals surface area (Å²) in [4.78, 5) is 10.7. The number of hydrogen-bond acceptors (Lipinski definition) is 4. The summed E-state index contributed by atoms with van der Waals surface area (Å²) in [7, 11) is 0. The molecule has 1 aromatic heterocycles. The lowest BCUT2D eigenvalue weighted by Gasteiger charge is -2.42. The van der Waals surface area contributed by atoms with Crippen LogP contribution >= 0.6 is 23.5 Å². The van der Waals surface area contributed by atoms with E-state index in [9.17, 15) is 0 Å². The lowest BCUT2D eigenvalue weighted by Crippen LogP contribution is -2.66. The summed E-state index contributed by atoms with van der Waals surface area (Å²) in [6.07, 6.45) is 0. The van der Waals surface area contributed by atoms with Crippen molar-refractivity contribution in [1.29, 1.82) is 0 Å². The van der Waals surface area contributed by atoms with Crippen molar-refractivity contribution in [2.75, 3.05) is 9.80 Å². The highest BCUT2D eigenvalue weighted by Gasteiger charge is 2.49. The van der Waals surface area contributed by atoms with E-state index in [1.54, 1.807) is 0 Å². The molecule has 0 spiro atoms. The molecule has 4 aliphatic rings. The quantitative estimate of drug-likeness (QED) is 0.154. The van der Waals surface area contributed by atoms with Crippen LogP contribution in [0.15, 0.2) is 159 Å². The molecule has 0 atom stereocenters. The molecule has 4 aliphatic heterocycles. The predicted octanol–water partition coefficient (Wildman–Crippen LogP) is 22.3. The maximum Gasteiger partial charge on any atom is 0.249 e. The molecule has 0 unspecified atom stereocenters. The SMILES string of the molecule is Cc1c2c3c4c5c1Sc1cc(N(c6cc(C(C)(C)C)cc(C(C)(C)C)c6)c6cc(C(C)(C)C)cc(C(C)(C)C)c6)ccc1B5c1cc(C(C)(C)C)cc5c6cccc(c6n-4c15)B3c1ccc(N(c3cc(C(C)(C)C)cc(C(C)(C)C)c3)c3cc(C(C)(C)C)cc(C(C)(C)C)c3)cc1S2. The van der Waals surface area contributed by atoms with Gasteiger partial charge >= 0.3 is 0 Å². The van der Waals surface area contributed by atoms with E-state index in [2.05, 4.69) is 348 Å². The molecule has 0 radical (unpaired) electrons. The van der Waals surface area contributed by atoms with Gasteiger partial charge in [-0.05, 0) is 212 Å². The normalized spacial score (nSPS) is 14.6. The first-order valence-electron chi connectivity index (χ1n) is 36.4. The number of rotatable bonds is 6. The van der Waals surface area contributed by atoms with Crippen LogP contribution < -0.4 is 42.6 Å². The summed E-state index contributed by atoms with van der Waals surface area (Å²) in [6.45, 7) is 66.6. The molecule has 10 aromatic rings. The predicted molar refractivity (Wildman–Crippen MR) is 434 cm³/mol. The highest BCUT2D eigenvalue weighted by atomic mass is 32.2. The Morgan fingerprint density at radius 1 is 0.286 bits per heavy atom. The second kappa shape index (κ2) is 22.1. The third kappa shape index (κ3) is 11.4. The molecule has 14 rings (SSSR count). The van der Waals surface area contributed by atoms with Crippen molar-refractivity contribution in [1.82, 2.24) is 4.57 Å². The van der Waals surface area contributed by atoms with E-state index in [4.69, 9.17) is 0 Å². The molecule has 3 nitrogen and oxygen atoms in total. The van der Waals surface area contributed by atoms with E-state index in [1.165, 1.54) is 170 Å². The van der Waals surface area contributed by atoms with Gasteiger partial charge in [0.15, 0.2) is 0 Å². The molecule has 0 N–H and O–H groups in total. The van der Waals surface area contributed by atoms with Crippen LogP contribution in [0.1, 0.15) is 243 Å². The third-order valence-corrected chi connectivity index (χ3v) is 24.7. The van der Waals surface area contributed by atoms with Gasteiger partial charge in [-0.15, -0.1) is 0 Å². The summed E-state index contributed by atoms with van der Waals surface area (Å²) >= 11 is 4.05. The molecule has 0 aliphatic carbocycles. The molecule has 9 aromatic carbocycles. The molecule has 0 fully saturated rings. The van der Waals surface area contributed by atoms with Gasteiger partial charge in [0.25, 0.3) is 0 Å². The van der Waals surface area contributed by atoms with Crippen LogP contribution in [0.4, 0.5) is 34.1 Å². The van der Waals surface area contributed by atoms with Gasteiger partial charge in [-0.3, -0.25) is 0 Å².